The lowest BCUT2D eigenvalue weighted by molar-refractivity contribution is 0.479. The highest BCUT2D eigenvalue weighted by Gasteiger charge is 2.16. The van der Waals surface area contributed by atoms with Gasteiger partial charge in [-0.2, -0.15) is 0 Å². The molecule has 84 valence electrons. The maximum Gasteiger partial charge on any atom is 0.129 e. The third kappa shape index (κ3) is 3.28. The Balaban J connectivity index is 2.98. The summed E-state index contributed by atoms with van der Waals surface area (Å²) in [4.78, 5) is 0. The van der Waals surface area contributed by atoms with E-state index in [1.165, 1.54) is 6.07 Å². The normalized spacial score (nSPS) is 12.8. The minimum atomic E-state index is -0.135. The van der Waals surface area contributed by atoms with Gasteiger partial charge in [0.15, 0.2) is 0 Å². The Hall–Kier alpha value is -0.410. The van der Waals surface area contributed by atoms with E-state index in [1.54, 1.807) is 6.07 Å². The van der Waals surface area contributed by atoms with E-state index in [1.807, 2.05) is 13.0 Å². The van der Waals surface area contributed by atoms with Crippen LogP contribution in [-0.2, 0) is 0 Å². The van der Waals surface area contributed by atoms with Crippen LogP contribution >= 0.6 is 15.9 Å². The van der Waals surface area contributed by atoms with Crippen molar-refractivity contribution in [2.45, 2.75) is 32.7 Å². The molecule has 1 aromatic carbocycles. The van der Waals surface area contributed by atoms with Gasteiger partial charge in [-0.3, -0.25) is 0 Å². The first-order valence-corrected chi connectivity index (χ1v) is 6.17. The largest absolute Gasteiger partial charge is 0.310 e. The molecule has 0 radical (unpaired) electrons. The summed E-state index contributed by atoms with van der Waals surface area (Å²) < 4.78 is 14.5. The van der Waals surface area contributed by atoms with E-state index in [-0.39, 0.29) is 11.9 Å². The predicted octanol–water partition coefficient (Wildman–Crippen LogP) is 4.04. The zero-order valence-corrected chi connectivity index (χ0v) is 10.8. The highest BCUT2D eigenvalue weighted by atomic mass is 79.9. The molecule has 0 aliphatic rings. The molecule has 0 aliphatic heterocycles. The first kappa shape index (κ1) is 12.7. The summed E-state index contributed by atoms with van der Waals surface area (Å²) >= 11 is 3.41. The fourth-order valence-corrected chi connectivity index (χ4v) is 2.35. The van der Waals surface area contributed by atoms with Crippen molar-refractivity contribution in [1.82, 2.24) is 5.32 Å². The van der Waals surface area contributed by atoms with Gasteiger partial charge in [0.25, 0.3) is 0 Å². The summed E-state index contributed by atoms with van der Waals surface area (Å²) in [6.07, 6.45) is 1.99. The highest BCUT2D eigenvalue weighted by Crippen LogP contribution is 2.28. The molecule has 0 heterocycles. The number of halogens is 2. The molecule has 0 saturated carbocycles. The van der Waals surface area contributed by atoms with E-state index < -0.39 is 0 Å². The van der Waals surface area contributed by atoms with Gasteiger partial charge in [-0.05, 0) is 25.1 Å². The van der Waals surface area contributed by atoms with Crippen molar-refractivity contribution in [2.75, 3.05) is 6.54 Å². The van der Waals surface area contributed by atoms with Crippen LogP contribution in [0.3, 0.4) is 0 Å². The average molecular weight is 274 g/mol. The quantitative estimate of drug-likeness (QED) is 0.854. The summed E-state index contributed by atoms with van der Waals surface area (Å²) in [5.74, 6) is -0.135. The predicted molar refractivity (Wildman–Crippen MR) is 65.4 cm³/mol. The number of rotatable bonds is 5. The Bertz CT molecular complexity index is 288. The van der Waals surface area contributed by atoms with Crippen LogP contribution in [0.5, 0.6) is 0 Å². The second kappa shape index (κ2) is 6.23. The Labute approximate surface area is 99.2 Å². The molecule has 0 bridgehead atoms. The van der Waals surface area contributed by atoms with Crippen molar-refractivity contribution in [1.29, 1.82) is 0 Å². The van der Waals surface area contributed by atoms with Crippen LogP contribution in [0.15, 0.2) is 22.7 Å². The number of hydrogen-bond acceptors (Lipinski definition) is 1. The molecule has 1 nitrogen and oxygen atoms in total. The van der Waals surface area contributed by atoms with Crippen LogP contribution in [0.1, 0.15) is 38.3 Å². The first-order chi connectivity index (χ1) is 7.20. The van der Waals surface area contributed by atoms with Gasteiger partial charge < -0.3 is 5.32 Å². The van der Waals surface area contributed by atoms with Gasteiger partial charge in [0.2, 0.25) is 0 Å². The number of benzene rings is 1. The second-order valence-corrected chi connectivity index (χ2v) is 4.39. The van der Waals surface area contributed by atoms with E-state index in [9.17, 15) is 4.39 Å². The molecule has 0 aromatic heterocycles. The van der Waals surface area contributed by atoms with E-state index in [0.29, 0.717) is 0 Å². The maximum atomic E-state index is 13.7. The Morgan fingerprint density at radius 1 is 1.40 bits per heavy atom. The van der Waals surface area contributed by atoms with Crippen LogP contribution in [0.2, 0.25) is 0 Å². The topological polar surface area (TPSA) is 12.0 Å². The number of hydrogen-bond donors (Lipinski definition) is 1. The van der Waals surface area contributed by atoms with Crippen LogP contribution in [-0.4, -0.2) is 6.54 Å². The van der Waals surface area contributed by atoms with Gasteiger partial charge in [-0.1, -0.05) is 42.3 Å². The molecule has 0 amide bonds. The average Bonchev–Trinajstić information content (AvgIpc) is 2.18. The Morgan fingerprint density at radius 3 is 2.67 bits per heavy atom. The monoisotopic (exact) mass is 273 g/mol. The summed E-state index contributed by atoms with van der Waals surface area (Å²) in [6, 6.07) is 5.23. The number of nitrogens with one attached hydrogen (secondary N) is 1. The second-order valence-electron chi connectivity index (χ2n) is 3.53. The van der Waals surface area contributed by atoms with Crippen molar-refractivity contribution in [3.8, 4) is 0 Å². The molecule has 1 atom stereocenters. The third-order valence-corrected chi connectivity index (χ3v) is 3.07. The molecular weight excluding hydrogens is 257 g/mol. The van der Waals surface area contributed by atoms with Crippen LogP contribution in [0.4, 0.5) is 4.39 Å². The zero-order chi connectivity index (χ0) is 11.3. The van der Waals surface area contributed by atoms with E-state index in [0.717, 1.165) is 29.4 Å². The standard InChI is InChI=1S/C12H17BrFN/c1-3-6-11(15-4-2)12-9(13)7-5-8-10(12)14/h5,7-8,11,15H,3-4,6H2,1-2H3. The molecule has 1 unspecified atom stereocenters. The van der Waals surface area contributed by atoms with Crippen molar-refractivity contribution in [3.05, 3.63) is 34.1 Å². The first-order valence-electron chi connectivity index (χ1n) is 5.38. The SMILES string of the molecule is CCCC(NCC)c1c(F)cccc1Br. The zero-order valence-electron chi connectivity index (χ0n) is 9.19. The van der Waals surface area contributed by atoms with Crippen molar-refractivity contribution < 1.29 is 4.39 Å². The van der Waals surface area contributed by atoms with E-state index in [4.69, 9.17) is 0 Å². The smallest absolute Gasteiger partial charge is 0.129 e. The van der Waals surface area contributed by atoms with E-state index >= 15 is 0 Å². The van der Waals surface area contributed by atoms with Crippen molar-refractivity contribution in [3.63, 3.8) is 0 Å². The van der Waals surface area contributed by atoms with Gasteiger partial charge in [-0.15, -0.1) is 0 Å². The molecular formula is C12H17BrFN. The maximum absolute atomic E-state index is 13.7. The Kier molecular flexibility index (Phi) is 5.26. The van der Waals surface area contributed by atoms with Crippen molar-refractivity contribution >= 4 is 15.9 Å². The highest BCUT2D eigenvalue weighted by molar-refractivity contribution is 9.10. The molecule has 0 spiro atoms. The lowest BCUT2D eigenvalue weighted by Crippen LogP contribution is -2.22. The molecule has 15 heavy (non-hydrogen) atoms. The lowest BCUT2D eigenvalue weighted by atomic mass is 10.0. The van der Waals surface area contributed by atoms with E-state index in [2.05, 4.69) is 28.2 Å². The van der Waals surface area contributed by atoms with Crippen molar-refractivity contribution in [2.24, 2.45) is 0 Å². The fraction of sp³-hybridized carbons (Fsp3) is 0.500. The molecule has 1 N–H and O–H groups in total. The van der Waals surface area contributed by atoms with Crippen LogP contribution < -0.4 is 5.32 Å². The molecule has 1 aromatic rings. The van der Waals surface area contributed by atoms with Gasteiger partial charge in [0.1, 0.15) is 5.82 Å². The summed E-state index contributed by atoms with van der Waals surface area (Å²) in [6.45, 7) is 5.00. The lowest BCUT2D eigenvalue weighted by Gasteiger charge is -2.19. The fourth-order valence-electron chi connectivity index (χ4n) is 1.73. The molecule has 1 rings (SSSR count). The van der Waals surface area contributed by atoms with Gasteiger partial charge in [0.05, 0.1) is 0 Å². The van der Waals surface area contributed by atoms with Crippen LogP contribution in [0.25, 0.3) is 0 Å². The van der Waals surface area contributed by atoms with Gasteiger partial charge >= 0.3 is 0 Å². The molecule has 0 aliphatic carbocycles. The Morgan fingerprint density at radius 2 is 2.13 bits per heavy atom. The minimum Gasteiger partial charge on any atom is -0.310 e. The summed E-state index contributed by atoms with van der Waals surface area (Å²) in [5, 5.41) is 3.31. The van der Waals surface area contributed by atoms with Gasteiger partial charge in [-0.25, -0.2) is 4.39 Å². The third-order valence-electron chi connectivity index (χ3n) is 2.38. The molecule has 3 heteroatoms. The van der Waals surface area contributed by atoms with Crippen LogP contribution in [0, 0.1) is 5.82 Å². The molecule has 0 saturated heterocycles. The molecule has 0 fully saturated rings. The summed E-state index contributed by atoms with van der Waals surface area (Å²) in [5.41, 5.74) is 0.751. The summed E-state index contributed by atoms with van der Waals surface area (Å²) in [7, 11) is 0. The minimum absolute atomic E-state index is 0.107. The van der Waals surface area contributed by atoms with Gasteiger partial charge in [0, 0.05) is 16.1 Å².